The predicted molar refractivity (Wildman–Crippen MR) is 81.6 cm³/mol. The van der Waals surface area contributed by atoms with Crippen LogP contribution in [-0.4, -0.2) is 17.5 Å². The quantitative estimate of drug-likeness (QED) is 0.472. The van der Waals surface area contributed by atoms with Crippen molar-refractivity contribution >= 4 is 33.6 Å². The normalized spacial score (nSPS) is 10.8. The number of carbonyl (C=O) groups excluding carboxylic acids is 1. The molecule has 0 atom stereocenters. The van der Waals surface area contributed by atoms with Gasteiger partial charge >= 0.3 is 6.03 Å². The summed E-state index contributed by atoms with van der Waals surface area (Å²) in [5.41, 5.74) is 1.43. The molecule has 1 aromatic carbocycles. The van der Waals surface area contributed by atoms with Crippen LogP contribution in [0.2, 0.25) is 0 Å². The lowest BCUT2D eigenvalue weighted by Gasteiger charge is -2.21. The van der Waals surface area contributed by atoms with Crippen molar-refractivity contribution in [3.05, 3.63) is 28.2 Å². The average Bonchev–Trinajstić information content (AvgIpc) is 2.19. The van der Waals surface area contributed by atoms with E-state index in [1.807, 2.05) is 45.9 Å². The maximum absolute atomic E-state index is 11.6. The molecular weight excluding hydrogens is 308 g/mol. The molecule has 0 heterocycles. The van der Waals surface area contributed by atoms with Gasteiger partial charge < -0.3 is 10.6 Å². The molecular formula is C13H19BrN4O. The number of benzene rings is 1. The van der Waals surface area contributed by atoms with Gasteiger partial charge in [-0.05, 0) is 51.5 Å². The molecule has 0 aromatic heterocycles. The molecule has 1 aromatic rings. The third-order valence-electron chi connectivity index (χ3n) is 2.18. The van der Waals surface area contributed by atoms with Crippen LogP contribution in [0, 0.1) is 12.3 Å². The number of hydrogen-bond acceptors (Lipinski definition) is 2. The number of amides is 2. The van der Waals surface area contributed by atoms with Crippen LogP contribution in [0.5, 0.6) is 0 Å². The summed E-state index contributed by atoms with van der Waals surface area (Å²) < 4.78 is 0.973. The van der Waals surface area contributed by atoms with E-state index in [1.165, 1.54) is 0 Å². The van der Waals surface area contributed by atoms with E-state index in [2.05, 4.69) is 31.9 Å². The second-order valence-corrected chi connectivity index (χ2v) is 6.20. The summed E-state index contributed by atoms with van der Waals surface area (Å²) >= 11 is 3.37. The molecule has 6 heteroatoms. The van der Waals surface area contributed by atoms with Gasteiger partial charge in [-0.1, -0.05) is 15.9 Å². The van der Waals surface area contributed by atoms with Crippen LogP contribution < -0.4 is 16.0 Å². The molecule has 4 N–H and O–H groups in total. The number of nitrogens with one attached hydrogen (secondary N) is 4. The highest BCUT2D eigenvalue weighted by atomic mass is 79.9. The highest BCUT2D eigenvalue weighted by Gasteiger charge is 2.14. The fourth-order valence-corrected chi connectivity index (χ4v) is 1.89. The lowest BCUT2D eigenvalue weighted by molar-refractivity contribution is 0.236. The molecule has 0 fully saturated rings. The largest absolute Gasteiger partial charge is 0.333 e. The molecule has 0 bridgehead atoms. The maximum atomic E-state index is 11.6. The minimum atomic E-state index is -0.403. The Labute approximate surface area is 121 Å². The van der Waals surface area contributed by atoms with E-state index in [0.717, 1.165) is 15.7 Å². The van der Waals surface area contributed by atoms with E-state index in [0.29, 0.717) is 0 Å². The summed E-state index contributed by atoms with van der Waals surface area (Å²) in [5.74, 6) is -0.0628. The van der Waals surface area contributed by atoms with Crippen molar-refractivity contribution in [2.45, 2.75) is 33.2 Å². The lowest BCUT2D eigenvalue weighted by Crippen LogP contribution is -2.49. The SMILES string of the molecule is Cc1cc(Br)ccc1NC(=N)NC(=O)NC(C)(C)C. The van der Waals surface area contributed by atoms with Gasteiger partial charge in [0.25, 0.3) is 0 Å². The predicted octanol–water partition coefficient (Wildman–Crippen LogP) is 3.20. The van der Waals surface area contributed by atoms with Crippen LogP contribution in [-0.2, 0) is 0 Å². The minimum Gasteiger partial charge on any atom is -0.333 e. The summed E-state index contributed by atoms with van der Waals surface area (Å²) in [6, 6.07) is 5.25. The molecule has 19 heavy (non-hydrogen) atoms. The number of anilines is 1. The van der Waals surface area contributed by atoms with Crippen LogP contribution in [0.4, 0.5) is 10.5 Å². The number of urea groups is 1. The molecule has 0 aliphatic rings. The zero-order chi connectivity index (χ0) is 14.6. The Morgan fingerprint density at radius 3 is 2.47 bits per heavy atom. The number of rotatable bonds is 1. The zero-order valence-corrected chi connectivity index (χ0v) is 13.1. The van der Waals surface area contributed by atoms with Crippen LogP contribution in [0.25, 0.3) is 0 Å². The van der Waals surface area contributed by atoms with E-state index in [9.17, 15) is 4.79 Å². The molecule has 0 aliphatic heterocycles. The van der Waals surface area contributed by atoms with Gasteiger partial charge in [-0.15, -0.1) is 0 Å². The minimum absolute atomic E-state index is 0.0628. The topological polar surface area (TPSA) is 77.0 Å². The van der Waals surface area contributed by atoms with Gasteiger partial charge in [0.05, 0.1) is 0 Å². The summed E-state index contributed by atoms with van der Waals surface area (Å²) in [6.45, 7) is 7.56. The van der Waals surface area contributed by atoms with Gasteiger partial charge in [0.1, 0.15) is 0 Å². The average molecular weight is 327 g/mol. The summed E-state index contributed by atoms with van der Waals surface area (Å²) in [6.07, 6.45) is 0. The molecule has 0 unspecified atom stereocenters. The molecule has 0 aliphatic carbocycles. The van der Waals surface area contributed by atoms with Gasteiger partial charge in [-0.25, -0.2) is 4.79 Å². The maximum Gasteiger partial charge on any atom is 0.321 e. The van der Waals surface area contributed by atoms with E-state index >= 15 is 0 Å². The Hall–Kier alpha value is -1.56. The molecule has 1 rings (SSSR count). The number of carbonyl (C=O) groups is 1. The fourth-order valence-electron chi connectivity index (χ4n) is 1.42. The number of aryl methyl sites for hydroxylation is 1. The second-order valence-electron chi connectivity index (χ2n) is 5.29. The van der Waals surface area contributed by atoms with Gasteiger partial charge in [0, 0.05) is 15.7 Å². The van der Waals surface area contributed by atoms with Gasteiger partial charge in [-0.3, -0.25) is 10.7 Å². The highest BCUT2D eigenvalue weighted by molar-refractivity contribution is 9.10. The second kappa shape index (κ2) is 6.06. The van der Waals surface area contributed by atoms with Crippen molar-refractivity contribution < 1.29 is 4.79 Å². The molecule has 0 spiro atoms. The fraction of sp³-hybridized carbons (Fsp3) is 0.385. The van der Waals surface area contributed by atoms with Crippen LogP contribution in [0.3, 0.4) is 0 Å². The van der Waals surface area contributed by atoms with Crippen LogP contribution in [0.15, 0.2) is 22.7 Å². The standard InChI is InChI=1S/C13H19BrN4O/c1-8-7-9(14)5-6-10(8)16-11(15)17-12(19)18-13(2,3)4/h5-7H,1-4H3,(H4,15,16,17,18,19). The van der Waals surface area contributed by atoms with Crippen molar-refractivity contribution in [1.29, 1.82) is 5.41 Å². The van der Waals surface area contributed by atoms with Crippen LogP contribution >= 0.6 is 15.9 Å². The molecule has 0 saturated carbocycles. The summed E-state index contributed by atoms with van der Waals surface area (Å²) in [7, 11) is 0. The lowest BCUT2D eigenvalue weighted by atomic mass is 10.1. The smallest absolute Gasteiger partial charge is 0.321 e. The molecule has 0 saturated heterocycles. The first kappa shape index (κ1) is 15.5. The molecule has 2 amide bonds. The first-order valence-corrected chi connectivity index (χ1v) is 6.67. The first-order chi connectivity index (χ1) is 8.67. The summed E-state index contributed by atoms with van der Waals surface area (Å²) in [4.78, 5) is 11.6. The van der Waals surface area contributed by atoms with E-state index < -0.39 is 6.03 Å². The number of halogens is 1. The van der Waals surface area contributed by atoms with Crippen molar-refractivity contribution in [3.63, 3.8) is 0 Å². The number of guanidine groups is 1. The third kappa shape index (κ3) is 5.74. The van der Waals surface area contributed by atoms with Gasteiger partial charge in [0.2, 0.25) is 5.96 Å². The monoisotopic (exact) mass is 326 g/mol. The number of hydrogen-bond donors (Lipinski definition) is 4. The van der Waals surface area contributed by atoms with Gasteiger partial charge in [0.15, 0.2) is 0 Å². The molecule has 104 valence electrons. The van der Waals surface area contributed by atoms with Gasteiger partial charge in [-0.2, -0.15) is 0 Å². The van der Waals surface area contributed by atoms with Crippen molar-refractivity contribution in [1.82, 2.24) is 10.6 Å². The Balaban J connectivity index is 2.58. The zero-order valence-electron chi connectivity index (χ0n) is 11.5. The molecule has 0 radical (unpaired) electrons. The highest BCUT2D eigenvalue weighted by Crippen LogP contribution is 2.19. The van der Waals surface area contributed by atoms with E-state index in [1.54, 1.807) is 0 Å². The first-order valence-electron chi connectivity index (χ1n) is 5.88. The van der Waals surface area contributed by atoms with Crippen molar-refractivity contribution in [3.8, 4) is 0 Å². The Morgan fingerprint density at radius 1 is 1.32 bits per heavy atom. The Morgan fingerprint density at radius 2 is 1.95 bits per heavy atom. The Bertz CT molecular complexity index is 494. The van der Waals surface area contributed by atoms with Crippen LogP contribution in [0.1, 0.15) is 26.3 Å². The van der Waals surface area contributed by atoms with E-state index in [-0.39, 0.29) is 11.5 Å². The van der Waals surface area contributed by atoms with Crippen molar-refractivity contribution in [2.24, 2.45) is 0 Å². The molecule has 5 nitrogen and oxygen atoms in total. The van der Waals surface area contributed by atoms with Crippen molar-refractivity contribution in [2.75, 3.05) is 5.32 Å². The third-order valence-corrected chi connectivity index (χ3v) is 2.67. The summed E-state index contributed by atoms with van der Waals surface area (Å²) in [5, 5.41) is 15.7. The van der Waals surface area contributed by atoms with E-state index in [4.69, 9.17) is 5.41 Å². The Kier molecular flexibility index (Phi) is 4.94.